The van der Waals surface area contributed by atoms with E-state index in [2.05, 4.69) is 15.4 Å². The van der Waals surface area contributed by atoms with Crippen LogP contribution in [-0.4, -0.2) is 20.5 Å². The van der Waals surface area contributed by atoms with Crippen LogP contribution in [0.3, 0.4) is 0 Å². The van der Waals surface area contributed by atoms with Crippen LogP contribution in [0.25, 0.3) is 0 Å². The van der Waals surface area contributed by atoms with Crippen LogP contribution in [0, 0.1) is 25.5 Å². The van der Waals surface area contributed by atoms with Crippen molar-refractivity contribution < 1.29 is 13.6 Å². The minimum atomic E-state index is -0.714. The molecule has 2 aromatic carbocycles. The molecule has 7 heteroatoms. The lowest BCUT2D eigenvalue weighted by molar-refractivity contribution is -0.116. The molecule has 2 aliphatic rings. The van der Waals surface area contributed by atoms with E-state index in [1.807, 2.05) is 31.2 Å². The van der Waals surface area contributed by atoms with Gasteiger partial charge in [0.1, 0.15) is 23.5 Å². The summed E-state index contributed by atoms with van der Waals surface area (Å²) in [6, 6.07) is 10.8. The number of benzene rings is 2. The Morgan fingerprint density at radius 2 is 1.70 bits per heavy atom. The summed E-state index contributed by atoms with van der Waals surface area (Å²) in [5, 5.41) is 7.64. The number of aromatic nitrogens is 3. The fraction of sp³-hybridized carbons (Fsp3) is 0.261. The van der Waals surface area contributed by atoms with Crippen LogP contribution in [0.2, 0.25) is 0 Å². The molecular weight excluding hydrogens is 386 g/mol. The summed E-state index contributed by atoms with van der Waals surface area (Å²) in [6.45, 7) is 3.77. The summed E-state index contributed by atoms with van der Waals surface area (Å²) >= 11 is 0. The molecule has 30 heavy (non-hydrogen) atoms. The van der Waals surface area contributed by atoms with Gasteiger partial charge in [0.15, 0.2) is 5.78 Å². The largest absolute Gasteiger partial charge is 0.328 e. The number of hydrogen-bond donors (Lipinski definition) is 1. The van der Waals surface area contributed by atoms with Gasteiger partial charge in [0, 0.05) is 23.8 Å². The average molecular weight is 406 g/mol. The summed E-state index contributed by atoms with van der Waals surface area (Å²) in [5.41, 5.74) is 3.84. The van der Waals surface area contributed by atoms with E-state index in [-0.39, 0.29) is 11.7 Å². The van der Waals surface area contributed by atoms with Crippen molar-refractivity contribution in [2.24, 2.45) is 0 Å². The second-order valence-electron chi connectivity index (χ2n) is 7.99. The Labute approximate surface area is 172 Å². The van der Waals surface area contributed by atoms with Crippen molar-refractivity contribution in [1.29, 1.82) is 0 Å². The number of allylic oxidation sites excluding steroid dienone is 2. The van der Waals surface area contributed by atoms with Crippen LogP contribution in [0.5, 0.6) is 0 Å². The Hall–Kier alpha value is -3.35. The molecule has 0 radical (unpaired) electrons. The van der Waals surface area contributed by atoms with Gasteiger partial charge in [-0.05, 0) is 49.4 Å². The van der Waals surface area contributed by atoms with Crippen molar-refractivity contribution in [3.8, 4) is 0 Å². The highest BCUT2D eigenvalue weighted by Crippen LogP contribution is 2.44. The van der Waals surface area contributed by atoms with E-state index in [0.29, 0.717) is 35.8 Å². The molecule has 0 spiro atoms. The molecule has 5 rings (SSSR count). The Bertz CT molecular complexity index is 1180. The first-order chi connectivity index (χ1) is 14.4. The van der Waals surface area contributed by atoms with E-state index in [1.54, 1.807) is 11.6 Å². The minimum Gasteiger partial charge on any atom is -0.328 e. The number of nitrogens with zero attached hydrogens (tertiary/aromatic N) is 3. The Kier molecular flexibility index (Phi) is 4.27. The third-order valence-corrected chi connectivity index (χ3v) is 5.78. The second-order valence-corrected chi connectivity index (χ2v) is 7.99. The van der Waals surface area contributed by atoms with E-state index in [0.717, 1.165) is 22.9 Å². The van der Waals surface area contributed by atoms with Crippen LogP contribution in [0.1, 0.15) is 47.3 Å². The second kappa shape index (κ2) is 6.86. The summed E-state index contributed by atoms with van der Waals surface area (Å²) in [7, 11) is 0. The van der Waals surface area contributed by atoms with Gasteiger partial charge in [0.25, 0.3) is 0 Å². The molecule has 2 atom stereocenters. The van der Waals surface area contributed by atoms with Gasteiger partial charge >= 0.3 is 0 Å². The van der Waals surface area contributed by atoms with Crippen LogP contribution in [-0.2, 0) is 4.79 Å². The lowest BCUT2D eigenvalue weighted by Crippen LogP contribution is -2.33. The lowest BCUT2D eigenvalue weighted by Gasteiger charge is -2.35. The van der Waals surface area contributed by atoms with Gasteiger partial charge in [-0.2, -0.15) is 10.1 Å². The molecule has 152 valence electrons. The highest BCUT2D eigenvalue weighted by Gasteiger charge is 2.39. The van der Waals surface area contributed by atoms with Crippen molar-refractivity contribution >= 4 is 11.7 Å². The summed E-state index contributed by atoms with van der Waals surface area (Å²) in [4.78, 5) is 17.7. The molecule has 0 unspecified atom stereocenters. The SMILES string of the molecule is Cc1ccc([C@H]2CC(=O)C3=C(C2)Nc2nc(C)nn2[C@H]3c2cc(F)cc(F)c2)cc1. The average Bonchev–Trinajstić information content (AvgIpc) is 3.05. The molecule has 5 nitrogen and oxygen atoms in total. The van der Waals surface area contributed by atoms with E-state index in [9.17, 15) is 13.6 Å². The van der Waals surface area contributed by atoms with Gasteiger partial charge in [-0.25, -0.2) is 13.5 Å². The van der Waals surface area contributed by atoms with Crippen LogP contribution in [0.15, 0.2) is 53.7 Å². The maximum absolute atomic E-state index is 14.0. The number of aryl methyl sites for hydroxylation is 2. The fourth-order valence-corrected chi connectivity index (χ4v) is 4.43. The number of fused-ring (bicyclic) bond motifs is 1. The molecular formula is C23H20F2N4O. The number of halogens is 2. The summed E-state index contributed by atoms with van der Waals surface area (Å²) in [6.07, 6.45) is 0.950. The number of rotatable bonds is 2. The smallest absolute Gasteiger partial charge is 0.226 e. The van der Waals surface area contributed by atoms with E-state index in [4.69, 9.17) is 0 Å². The Morgan fingerprint density at radius 1 is 1.00 bits per heavy atom. The molecule has 0 bridgehead atoms. The predicted octanol–water partition coefficient (Wildman–Crippen LogP) is 4.59. The lowest BCUT2D eigenvalue weighted by atomic mass is 9.78. The Balaban J connectivity index is 1.62. The van der Waals surface area contributed by atoms with Gasteiger partial charge in [0.05, 0.1) is 0 Å². The number of ketones is 1. The first kappa shape index (κ1) is 18.7. The zero-order chi connectivity index (χ0) is 21.0. The molecule has 1 aliphatic heterocycles. The van der Waals surface area contributed by atoms with Crippen LogP contribution in [0.4, 0.5) is 14.7 Å². The zero-order valence-corrected chi connectivity index (χ0v) is 16.6. The molecule has 1 N–H and O–H groups in total. The highest BCUT2D eigenvalue weighted by molar-refractivity contribution is 6.00. The number of carbonyl (C=O) groups excluding carboxylic acids is 1. The van der Waals surface area contributed by atoms with Gasteiger partial charge in [-0.3, -0.25) is 4.79 Å². The van der Waals surface area contributed by atoms with E-state index >= 15 is 0 Å². The molecule has 0 fully saturated rings. The molecule has 0 saturated heterocycles. The zero-order valence-electron chi connectivity index (χ0n) is 16.6. The Morgan fingerprint density at radius 3 is 2.40 bits per heavy atom. The first-order valence-corrected chi connectivity index (χ1v) is 9.88. The van der Waals surface area contributed by atoms with Crippen molar-refractivity contribution in [3.63, 3.8) is 0 Å². The van der Waals surface area contributed by atoms with Crippen molar-refractivity contribution in [1.82, 2.24) is 14.8 Å². The van der Waals surface area contributed by atoms with Crippen LogP contribution < -0.4 is 5.32 Å². The molecule has 0 amide bonds. The number of hydrogen-bond acceptors (Lipinski definition) is 4. The molecule has 2 heterocycles. The number of Topliss-reactive ketones (excluding diaryl/α,β-unsaturated/α-hetero) is 1. The van der Waals surface area contributed by atoms with E-state index in [1.165, 1.54) is 12.1 Å². The number of carbonyl (C=O) groups is 1. The predicted molar refractivity (Wildman–Crippen MR) is 108 cm³/mol. The van der Waals surface area contributed by atoms with E-state index < -0.39 is 17.7 Å². The van der Waals surface area contributed by atoms with Crippen molar-refractivity contribution in [2.75, 3.05) is 5.32 Å². The third-order valence-electron chi connectivity index (χ3n) is 5.78. The molecule has 0 saturated carbocycles. The molecule has 1 aliphatic carbocycles. The fourth-order valence-electron chi connectivity index (χ4n) is 4.43. The van der Waals surface area contributed by atoms with Gasteiger partial charge < -0.3 is 5.32 Å². The van der Waals surface area contributed by atoms with Gasteiger partial charge in [-0.1, -0.05) is 29.8 Å². The monoisotopic (exact) mass is 406 g/mol. The minimum absolute atomic E-state index is 0.0322. The van der Waals surface area contributed by atoms with Gasteiger partial charge in [-0.15, -0.1) is 0 Å². The van der Waals surface area contributed by atoms with Crippen molar-refractivity contribution in [2.45, 2.75) is 38.6 Å². The maximum atomic E-state index is 14.0. The van der Waals surface area contributed by atoms with Gasteiger partial charge in [0.2, 0.25) is 5.95 Å². The highest BCUT2D eigenvalue weighted by atomic mass is 19.1. The molecule has 1 aromatic heterocycles. The quantitative estimate of drug-likeness (QED) is 0.676. The standard InChI is InChI=1S/C23H20F2N4O/c1-12-3-5-14(6-4-12)15-9-19-21(20(30)10-15)22(16-7-17(24)11-18(25)8-16)29-23(27-19)26-13(2)28-29/h3-8,11,15,22H,9-10H2,1-2H3,(H,26,27,28)/t15-,22+/m1/s1. The van der Waals surface area contributed by atoms with Crippen molar-refractivity contribution in [3.05, 3.63) is 87.9 Å². The maximum Gasteiger partial charge on any atom is 0.226 e. The first-order valence-electron chi connectivity index (χ1n) is 9.88. The summed E-state index contributed by atoms with van der Waals surface area (Å²) < 4.78 is 29.5. The topological polar surface area (TPSA) is 59.8 Å². The third kappa shape index (κ3) is 3.10. The number of nitrogens with one attached hydrogen (secondary N) is 1. The van der Waals surface area contributed by atoms with Crippen LogP contribution >= 0.6 is 0 Å². The normalized spacial score (nSPS) is 20.6. The number of anilines is 1. The summed E-state index contributed by atoms with van der Waals surface area (Å²) in [5.74, 6) is -0.414. The molecule has 3 aromatic rings.